The number of rotatable bonds is 3. The molecule has 2 heteroatoms. The van der Waals surface area contributed by atoms with Crippen LogP contribution in [0.2, 0.25) is 0 Å². The van der Waals surface area contributed by atoms with Crippen LogP contribution in [0.4, 0.5) is 8.78 Å². The van der Waals surface area contributed by atoms with Gasteiger partial charge in [-0.15, -0.1) is 0 Å². The summed E-state index contributed by atoms with van der Waals surface area (Å²) < 4.78 is 27.0. The molecule has 4 rings (SSSR count). The highest BCUT2D eigenvalue weighted by Gasteiger charge is 2.27. The summed E-state index contributed by atoms with van der Waals surface area (Å²) in [4.78, 5) is 0. The topological polar surface area (TPSA) is 0 Å². The Hall–Kier alpha value is -1.70. The molecule has 0 radical (unpaired) electrons. The van der Waals surface area contributed by atoms with Gasteiger partial charge in [-0.2, -0.15) is 0 Å². The fraction of sp³-hybridized carbons (Fsp3) is 0.478. The van der Waals surface area contributed by atoms with E-state index in [1.807, 2.05) is 6.08 Å². The van der Waals surface area contributed by atoms with Crippen LogP contribution in [0.3, 0.4) is 0 Å². The van der Waals surface area contributed by atoms with Gasteiger partial charge in [0.25, 0.3) is 0 Å². The van der Waals surface area contributed by atoms with Crippen molar-refractivity contribution < 1.29 is 8.78 Å². The molecule has 0 saturated heterocycles. The molecule has 0 amide bonds. The van der Waals surface area contributed by atoms with Crippen molar-refractivity contribution in [2.24, 2.45) is 5.92 Å². The quantitative estimate of drug-likeness (QED) is 0.555. The van der Waals surface area contributed by atoms with Crippen LogP contribution < -0.4 is 0 Å². The summed E-state index contributed by atoms with van der Waals surface area (Å²) >= 11 is 0. The maximum Gasteiger partial charge on any atom is 0.155 e. The van der Waals surface area contributed by atoms with E-state index in [0.29, 0.717) is 5.92 Å². The van der Waals surface area contributed by atoms with E-state index in [2.05, 4.69) is 37.3 Å². The van der Waals surface area contributed by atoms with E-state index in [0.717, 1.165) is 11.5 Å². The molecule has 0 aromatic heterocycles. The highest BCUT2D eigenvalue weighted by Crippen LogP contribution is 2.42. The summed E-state index contributed by atoms with van der Waals surface area (Å²) in [7, 11) is 0. The molecule has 3 aliphatic carbocycles. The maximum atomic E-state index is 13.7. The molecule has 132 valence electrons. The minimum Gasteiger partial charge on any atom is -0.239 e. The third-order valence-electron chi connectivity index (χ3n) is 6.32. The van der Waals surface area contributed by atoms with Crippen LogP contribution in [0.5, 0.6) is 0 Å². The standard InChI is InChI=1S/C23H26F2/c1-15(16-5-3-2-4-6-16)17-7-10-20-18(13-17)8-11-21(20)19-9-12-22(24)23(25)14-19/h7-11,13-16,21-22H,2-6,12H2,1H3. The predicted molar refractivity (Wildman–Crippen MR) is 100.0 cm³/mol. The van der Waals surface area contributed by atoms with Crippen molar-refractivity contribution >= 4 is 6.08 Å². The average molecular weight is 340 g/mol. The van der Waals surface area contributed by atoms with Crippen LogP contribution in [-0.2, 0) is 0 Å². The molecule has 25 heavy (non-hydrogen) atoms. The Labute approximate surface area is 149 Å². The number of benzene rings is 1. The summed E-state index contributed by atoms with van der Waals surface area (Å²) in [5, 5.41) is 0. The third kappa shape index (κ3) is 3.23. The lowest BCUT2D eigenvalue weighted by atomic mass is 9.77. The van der Waals surface area contributed by atoms with Crippen LogP contribution >= 0.6 is 0 Å². The van der Waals surface area contributed by atoms with E-state index in [4.69, 9.17) is 0 Å². The average Bonchev–Trinajstić information content (AvgIpc) is 3.07. The molecule has 1 fully saturated rings. The van der Waals surface area contributed by atoms with E-state index in [1.54, 1.807) is 0 Å². The SMILES string of the molecule is CC(c1ccc2c(c1)C=CC2C1=CCC(F)C(F)=C1)C1CCCCC1. The Kier molecular flexibility index (Phi) is 4.62. The number of halogens is 2. The molecule has 0 N–H and O–H groups in total. The predicted octanol–water partition coefficient (Wildman–Crippen LogP) is 7.00. The molecule has 0 aliphatic heterocycles. The van der Waals surface area contributed by atoms with Gasteiger partial charge in [0.15, 0.2) is 6.17 Å². The van der Waals surface area contributed by atoms with Crippen LogP contribution in [0.15, 0.2) is 47.8 Å². The first-order valence-electron chi connectivity index (χ1n) is 9.66. The van der Waals surface area contributed by atoms with E-state index < -0.39 is 12.0 Å². The largest absolute Gasteiger partial charge is 0.239 e. The second-order valence-electron chi connectivity index (χ2n) is 7.85. The molecule has 3 aliphatic rings. The van der Waals surface area contributed by atoms with E-state index in [9.17, 15) is 8.78 Å². The zero-order chi connectivity index (χ0) is 17.4. The van der Waals surface area contributed by atoms with E-state index in [-0.39, 0.29) is 12.3 Å². The van der Waals surface area contributed by atoms with E-state index in [1.165, 1.54) is 54.9 Å². The third-order valence-corrected chi connectivity index (χ3v) is 6.32. The van der Waals surface area contributed by atoms with Crippen molar-refractivity contribution in [3.05, 3.63) is 64.5 Å². The monoisotopic (exact) mass is 340 g/mol. The zero-order valence-corrected chi connectivity index (χ0v) is 14.8. The molecule has 0 spiro atoms. The van der Waals surface area contributed by atoms with Gasteiger partial charge >= 0.3 is 0 Å². The number of fused-ring (bicyclic) bond motifs is 1. The lowest BCUT2D eigenvalue weighted by Gasteiger charge is -2.28. The summed E-state index contributed by atoms with van der Waals surface area (Å²) in [5.74, 6) is 0.818. The molecule has 3 atom stereocenters. The van der Waals surface area contributed by atoms with Crippen LogP contribution in [0, 0.1) is 5.92 Å². The van der Waals surface area contributed by atoms with Crippen LogP contribution in [0.1, 0.15) is 74.0 Å². The van der Waals surface area contributed by atoms with Gasteiger partial charge in [0.05, 0.1) is 0 Å². The second-order valence-corrected chi connectivity index (χ2v) is 7.85. The van der Waals surface area contributed by atoms with Crippen molar-refractivity contribution in [3.63, 3.8) is 0 Å². The molecule has 1 aromatic rings. The van der Waals surface area contributed by atoms with Crippen molar-refractivity contribution in [2.45, 2.75) is 63.5 Å². The van der Waals surface area contributed by atoms with Gasteiger partial charge in [0.2, 0.25) is 0 Å². The van der Waals surface area contributed by atoms with Crippen LogP contribution in [-0.4, -0.2) is 6.17 Å². The first-order valence-corrected chi connectivity index (χ1v) is 9.66. The summed E-state index contributed by atoms with van der Waals surface area (Å²) in [6.45, 7) is 2.36. The van der Waals surface area contributed by atoms with Gasteiger partial charge in [0.1, 0.15) is 5.83 Å². The fourth-order valence-electron chi connectivity index (χ4n) is 4.68. The molecular formula is C23H26F2. The van der Waals surface area contributed by atoms with Gasteiger partial charge in [-0.25, -0.2) is 8.78 Å². The Morgan fingerprint density at radius 2 is 1.92 bits per heavy atom. The molecule has 0 bridgehead atoms. The Balaban J connectivity index is 1.56. The lowest BCUT2D eigenvalue weighted by Crippen LogP contribution is -2.14. The molecule has 1 saturated carbocycles. The molecule has 0 heterocycles. The number of allylic oxidation sites excluding steroid dienone is 5. The van der Waals surface area contributed by atoms with Gasteiger partial charge < -0.3 is 0 Å². The van der Waals surface area contributed by atoms with E-state index >= 15 is 0 Å². The Morgan fingerprint density at radius 1 is 1.12 bits per heavy atom. The molecule has 3 unspecified atom stereocenters. The minimum absolute atomic E-state index is 0.0623. The second kappa shape index (κ2) is 6.90. The van der Waals surface area contributed by atoms with Crippen molar-refractivity contribution in [3.8, 4) is 0 Å². The molecular weight excluding hydrogens is 314 g/mol. The highest BCUT2D eigenvalue weighted by molar-refractivity contribution is 5.67. The van der Waals surface area contributed by atoms with Crippen molar-refractivity contribution in [1.29, 1.82) is 0 Å². The number of alkyl halides is 1. The number of hydrogen-bond acceptors (Lipinski definition) is 0. The van der Waals surface area contributed by atoms with Crippen molar-refractivity contribution in [2.75, 3.05) is 0 Å². The fourth-order valence-corrected chi connectivity index (χ4v) is 4.68. The van der Waals surface area contributed by atoms with Gasteiger partial charge in [-0.3, -0.25) is 0 Å². The maximum absolute atomic E-state index is 13.7. The van der Waals surface area contributed by atoms with Gasteiger partial charge in [-0.05, 0) is 53.0 Å². The Morgan fingerprint density at radius 3 is 2.68 bits per heavy atom. The molecule has 0 nitrogen and oxygen atoms in total. The smallest absolute Gasteiger partial charge is 0.155 e. The highest BCUT2D eigenvalue weighted by atomic mass is 19.2. The van der Waals surface area contributed by atoms with Crippen molar-refractivity contribution in [1.82, 2.24) is 0 Å². The van der Waals surface area contributed by atoms with Gasteiger partial charge in [-0.1, -0.05) is 62.6 Å². The normalized spacial score (nSPS) is 27.6. The summed E-state index contributed by atoms with van der Waals surface area (Å²) in [6, 6.07) is 6.76. The first-order chi connectivity index (χ1) is 12.1. The first kappa shape index (κ1) is 16.8. The summed E-state index contributed by atoms with van der Waals surface area (Å²) in [6.07, 6.45) is 13.0. The molecule has 1 aromatic carbocycles. The van der Waals surface area contributed by atoms with Crippen LogP contribution in [0.25, 0.3) is 6.08 Å². The Bertz CT molecular complexity index is 734. The zero-order valence-electron chi connectivity index (χ0n) is 14.8. The summed E-state index contributed by atoms with van der Waals surface area (Å²) in [5.41, 5.74) is 4.75. The minimum atomic E-state index is -1.47. The number of hydrogen-bond donors (Lipinski definition) is 0. The van der Waals surface area contributed by atoms with Gasteiger partial charge in [0, 0.05) is 12.3 Å². The lowest BCUT2D eigenvalue weighted by molar-refractivity contribution is 0.316.